The molecule has 0 radical (unpaired) electrons. The van der Waals surface area contributed by atoms with Crippen molar-refractivity contribution >= 4 is 32.5 Å². The van der Waals surface area contributed by atoms with Crippen molar-refractivity contribution in [2.75, 3.05) is 56.2 Å². The second kappa shape index (κ2) is 10.2. The van der Waals surface area contributed by atoms with Crippen LogP contribution in [-0.4, -0.2) is 96.1 Å². The lowest BCUT2D eigenvalue weighted by molar-refractivity contribution is -0.0144. The zero-order chi connectivity index (χ0) is 27.2. The number of aliphatic hydroxyl groups is 1. The Hall–Kier alpha value is -3.02. The molecule has 0 atom stereocenters. The minimum atomic E-state index is -2.97. The second-order valence-corrected chi connectivity index (χ2v) is 13.4. The predicted molar refractivity (Wildman–Crippen MR) is 148 cm³/mol. The SMILES string of the molecule is COC(=O)c1cc(N2CCC(O)(CN3CCS(=O)(=O)CC3)CC2)c2c(C3CCC3)nn(-c3ccccc3)c2n1. The topological polar surface area (TPSA) is 118 Å². The normalized spacial score (nSPS) is 21.5. The van der Waals surface area contributed by atoms with Crippen LogP contribution in [0.4, 0.5) is 5.69 Å². The highest BCUT2D eigenvalue weighted by Gasteiger charge is 2.37. The third kappa shape index (κ3) is 5.15. The molecule has 11 heteroatoms. The predicted octanol–water partition coefficient (Wildman–Crippen LogP) is 2.54. The van der Waals surface area contributed by atoms with Crippen LogP contribution in [0.3, 0.4) is 0 Å². The lowest BCUT2D eigenvalue weighted by Crippen LogP contribution is -2.53. The minimum Gasteiger partial charge on any atom is -0.464 e. The lowest BCUT2D eigenvalue weighted by Gasteiger charge is -2.42. The highest BCUT2D eigenvalue weighted by Crippen LogP contribution is 2.43. The van der Waals surface area contributed by atoms with E-state index >= 15 is 0 Å². The Labute approximate surface area is 228 Å². The number of rotatable bonds is 6. The monoisotopic (exact) mass is 553 g/mol. The van der Waals surface area contributed by atoms with Crippen molar-refractivity contribution in [3.05, 3.63) is 47.8 Å². The summed E-state index contributed by atoms with van der Waals surface area (Å²) in [6.07, 6.45) is 4.40. The number of piperidine rings is 1. The standard InChI is InChI=1S/C28H35N5O5S/c1-38-27(34)22-18-23(32-12-10-28(35,11-13-32)19-31-14-16-39(36,37)17-15-31)24-25(20-6-5-7-20)30-33(26(24)29-22)21-8-3-2-4-9-21/h2-4,8-9,18,20,35H,5-7,10-17,19H2,1H3. The van der Waals surface area contributed by atoms with Gasteiger partial charge in [-0.1, -0.05) is 24.6 Å². The summed E-state index contributed by atoms with van der Waals surface area (Å²) in [4.78, 5) is 21.7. The molecule has 0 spiro atoms. The van der Waals surface area contributed by atoms with Crippen molar-refractivity contribution in [1.82, 2.24) is 19.7 Å². The summed E-state index contributed by atoms with van der Waals surface area (Å²) in [5.41, 5.74) is 2.76. The number of pyridine rings is 1. The second-order valence-electron chi connectivity index (χ2n) is 11.1. The first kappa shape index (κ1) is 26.2. The molecule has 0 bridgehead atoms. The quantitative estimate of drug-likeness (QED) is 0.460. The van der Waals surface area contributed by atoms with Crippen molar-refractivity contribution in [3.63, 3.8) is 0 Å². The number of sulfone groups is 1. The summed E-state index contributed by atoms with van der Waals surface area (Å²) in [6.45, 7) is 2.59. The molecule has 6 rings (SSSR count). The summed E-state index contributed by atoms with van der Waals surface area (Å²) in [6, 6.07) is 11.7. The largest absolute Gasteiger partial charge is 0.464 e. The number of carbonyl (C=O) groups is 1. The Morgan fingerprint density at radius 2 is 1.79 bits per heavy atom. The molecule has 1 N–H and O–H groups in total. The number of benzene rings is 1. The van der Waals surface area contributed by atoms with Gasteiger partial charge in [-0.3, -0.25) is 4.90 Å². The average molecular weight is 554 g/mol. The maximum absolute atomic E-state index is 12.7. The fraction of sp³-hybridized carbons (Fsp3) is 0.536. The van der Waals surface area contributed by atoms with Gasteiger partial charge in [0.2, 0.25) is 0 Å². The molecule has 2 aliphatic heterocycles. The van der Waals surface area contributed by atoms with Gasteiger partial charge in [-0.15, -0.1) is 0 Å². The summed E-state index contributed by atoms with van der Waals surface area (Å²) in [5.74, 6) is 0.142. The van der Waals surface area contributed by atoms with E-state index in [2.05, 4.69) is 9.80 Å². The van der Waals surface area contributed by atoms with Gasteiger partial charge in [-0.25, -0.2) is 22.9 Å². The molecule has 2 saturated heterocycles. The third-order valence-electron chi connectivity index (χ3n) is 8.52. The number of nitrogens with zero attached hydrogens (tertiary/aromatic N) is 5. The number of anilines is 1. The molecule has 3 aromatic rings. The number of para-hydroxylation sites is 1. The van der Waals surface area contributed by atoms with Gasteiger partial charge in [-0.05, 0) is 43.9 Å². The van der Waals surface area contributed by atoms with Gasteiger partial charge in [0, 0.05) is 38.6 Å². The van der Waals surface area contributed by atoms with Gasteiger partial charge in [-0.2, -0.15) is 5.10 Å². The molecule has 2 aromatic heterocycles. The third-order valence-corrected chi connectivity index (χ3v) is 10.1. The molecule has 208 valence electrons. The number of esters is 1. The van der Waals surface area contributed by atoms with Crippen molar-refractivity contribution < 1.29 is 23.1 Å². The summed E-state index contributed by atoms with van der Waals surface area (Å²) >= 11 is 0. The van der Waals surface area contributed by atoms with Crippen molar-refractivity contribution in [3.8, 4) is 5.69 Å². The van der Waals surface area contributed by atoms with E-state index in [1.165, 1.54) is 13.5 Å². The molecule has 0 unspecified atom stereocenters. The van der Waals surface area contributed by atoms with E-state index in [0.717, 1.165) is 35.3 Å². The lowest BCUT2D eigenvalue weighted by atomic mass is 9.81. The Bertz CT molecular complexity index is 1460. The van der Waals surface area contributed by atoms with Crippen LogP contribution in [-0.2, 0) is 14.6 Å². The molecule has 1 aliphatic carbocycles. The first-order valence-electron chi connectivity index (χ1n) is 13.7. The number of methoxy groups -OCH3 is 1. The summed E-state index contributed by atoms with van der Waals surface area (Å²) in [7, 11) is -1.61. The average Bonchev–Trinajstić information content (AvgIpc) is 3.28. The zero-order valence-corrected chi connectivity index (χ0v) is 23.1. The van der Waals surface area contributed by atoms with E-state index in [4.69, 9.17) is 14.8 Å². The van der Waals surface area contributed by atoms with Gasteiger partial charge in [0.15, 0.2) is 21.2 Å². The van der Waals surface area contributed by atoms with Crippen LogP contribution in [0.5, 0.6) is 0 Å². The number of carbonyl (C=O) groups excluding carboxylic acids is 1. The molecule has 39 heavy (non-hydrogen) atoms. The van der Waals surface area contributed by atoms with Gasteiger partial charge < -0.3 is 14.7 Å². The first-order chi connectivity index (χ1) is 18.8. The van der Waals surface area contributed by atoms with Crippen molar-refractivity contribution in [2.24, 2.45) is 0 Å². The molecule has 1 saturated carbocycles. The van der Waals surface area contributed by atoms with Crippen molar-refractivity contribution in [2.45, 2.75) is 43.6 Å². The Morgan fingerprint density at radius 1 is 1.10 bits per heavy atom. The van der Waals surface area contributed by atoms with E-state index in [-0.39, 0.29) is 17.2 Å². The highest BCUT2D eigenvalue weighted by molar-refractivity contribution is 7.91. The van der Waals surface area contributed by atoms with E-state index in [0.29, 0.717) is 57.1 Å². The van der Waals surface area contributed by atoms with Crippen LogP contribution in [0, 0.1) is 0 Å². The number of hydrogen-bond donors (Lipinski definition) is 1. The number of ether oxygens (including phenoxy) is 1. The molecule has 10 nitrogen and oxygen atoms in total. The van der Waals surface area contributed by atoms with Crippen LogP contribution in [0.15, 0.2) is 36.4 Å². The first-order valence-corrected chi connectivity index (χ1v) is 15.5. The molecule has 0 amide bonds. The van der Waals surface area contributed by atoms with Crippen LogP contribution in [0.1, 0.15) is 54.2 Å². The number of aromatic nitrogens is 3. The molecule has 3 aliphatic rings. The fourth-order valence-electron chi connectivity index (χ4n) is 5.94. The maximum Gasteiger partial charge on any atom is 0.356 e. The summed E-state index contributed by atoms with van der Waals surface area (Å²) < 4.78 is 30.5. The van der Waals surface area contributed by atoms with Crippen molar-refractivity contribution in [1.29, 1.82) is 0 Å². The molecular weight excluding hydrogens is 518 g/mol. The van der Waals surface area contributed by atoms with E-state index in [1.807, 2.05) is 41.1 Å². The van der Waals surface area contributed by atoms with Gasteiger partial charge in [0.1, 0.15) is 0 Å². The molecule has 1 aromatic carbocycles. The van der Waals surface area contributed by atoms with Crippen LogP contribution in [0.25, 0.3) is 16.7 Å². The van der Waals surface area contributed by atoms with E-state index in [9.17, 15) is 18.3 Å². The number of β-amino-alcohol motifs (C(OH)–C–C–N with tert-alkyl or cyclic N) is 1. The Kier molecular flexibility index (Phi) is 6.84. The maximum atomic E-state index is 12.7. The minimum absolute atomic E-state index is 0.149. The summed E-state index contributed by atoms with van der Waals surface area (Å²) in [5, 5.41) is 17.4. The van der Waals surface area contributed by atoms with Gasteiger partial charge in [0.25, 0.3) is 0 Å². The van der Waals surface area contributed by atoms with Crippen LogP contribution in [0.2, 0.25) is 0 Å². The van der Waals surface area contributed by atoms with Gasteiger partial charge >= 0.3 is 5.97 Å². The van der Waals surface area contributed by atoms with Crippen LogP contribution < -0.4 is 4.90 Å². The Morgan fingerprint density at radius 3 is 2.41 bits per heavy atom. The van der Waals surface area contributed by atoms with Gasteiger partial charge in [0.05, 0.1) is 46.7 Å². The van der Waals surface area contributed by atoms with Crippen LogP contribution >= 0.6 is 0 Å². The fourth-order valence-corrected chi connectivity index (χ4v) is 7.22. The number of fused-ring (bicyclic) bond motifs is 1. The highest BCUT2D eigenvalue weighted by atomic mass is 32.2. The molecule has 4 heterocycles. The van der Waals surface area contributed by atoms with E-state index in [1.54, 1.807) is 0 Å². The zero-order valence-electron chi connectivity index (χ0n) is 22.3. The smallest absolute Gasteiger partial charge is 0.356 e. The van der Waals surface area contributed by atoms with E-state index < -0.39 is 21.4 Å². The number of hydrogen-bond acceptors (Lipinski definition) is 9. The molecular formula is C28H35N5O5S. The Balaban J connectivity index is 1.35. The molecule has 3 fully saturated rings.